The fourth-order valence-corrected chi connectivity index (χ4v) is 1.40. The fraction of sp³-hybridized carbons (Fsp3) is 0. The van der Waals surface area contributed by atoms with Gasteiger partial charge in [0.25, 0.3) is 5.69 Å². The highest BCUT2D eigenvalue weighted by atomic mass is 35.5. The number of nitrogens with zero attached hydrogens (tertiary/aromatic N) is 3. The van der Waals surface area contributed by atoms with Crippen molar-refractivity contribution in [1.82, 2.24) is 9.97 Å². The van der Waals surface area contributed by atoms with Crippen molar-refractivity contribution in [3.8, 4) is 11.8 Å². The molecule has 0 amide bonds. The Bertz CT molecular complexity index is 605. The smallest absolute Gasteiger partial charge is 0.323 e. The van der Waals surface area contributed by atoms with Crippen molar-refractivity contribution in [3.63, 3.8) is 0 Å². The molecule has 2 N–H and O–H groups in total. The van der Waals surface area contributed by atoms with Crippen molar-refractivity contribution >= 4 is 23.1 Å². The first-order valence-electron chi connectivity index (χ1n) is 4.76. The summed E-state index contributed by atoms with van der Waals surface area (Å²) in [7, 11) is 0. The predicted molar refractivity (Wildman–Crippen MR) is 64.6 cm³/mol. The van der Waals surface area contributed by atoms with Crippen molar-refractivity contribution < 1.29 is 9.66 Å². The monoisotopic (exact) mass is 266 g/mol. The maximum absolute atomic E-state index is 10.5. The van der Waals surface area contributed by atoms with Gasteiger partial charge in [-0.25, -0.2) is 4.98 Å². The van der Waals surface area contributed by atoms with Crippen LogP contribution in [0.2, 0.25) is 5.02 Å². The average molecular weight is 267 g/mol. The van der Waals surface area contributed by atoms with Gasteiger partial charge in [-0.1, -0.05) is 11.6 Å². The zero-order valence-corrected chi connectivity index (χ0v) is 9.66. The molecule has 0 aliphatic rings. The maximum atomic E-state index is 10.5. The van der Waals surface area contributed by atoms with E-state index in [-0.39, 0.29) is 28.3 Å². The van der Waals surface area contributed by atoms with E-state index in [0.717, 1.165) is 0 Å². The first kappa shape index (κ1) is 12.1. The van der Waals surface area contributed by atoms with Gasteiger partial charge in [-0.3, -0.25) is 10.1 Å². The molecule has 0 saturated heterocycles. The third kappa shape index (κ3) is 2.64. The molecule has 2 aromatic rings. The van der Waals surface area contributed by atoms with Gasteiger partial charge >= 0.3 is 6.01 Å². The van der Waals surface area contributed by atoms with E-state index in [0.29, 0.717) is 0 Å². The van der Waals surface area contributed by atoms with Crippen LogP contribution in [0.25, 0.3) is 0 Å². The van der Waals surface area contributed by atoms with Gasteiger partial charge < -0.3 is 10.5 Å². The van der Waals surface area contributed by atoms with Crippen molar-refractivity contribution in [2.45, 2.75) is 0 Å². The third-order valence-corrected chi connectivity index (χ3v) is 2.28. The van der Waals surface area contributed by atoms with E-state index in [4.69, 9.17) is 22.1 Å². The molecule has 0 spiro atoms. The van der Waals surface area contributed by atoms with E-state index in [2.05, 4.69) is 9.97 Å². The molecule has 0 saturated carbocycles. The molecule has 0 aliphatic heterocycles. The van der Waals surface area contributed by atoms with Crippen molar-refractivity contribution in [2.75, 3.05) is 5.73 Å². The molecule has 0 bridgehead atoms. The molecule has 1 heterocycles. The first-order valence-corrected chi connectivity index (χ1v) is 5.14. The number of non-ortho nitro benzene ring substituents is 1. The number of halogens is 1. The normalized spacial score (nSPS) is 10.1. The second kappa shape index (κ2) is 4.84. The molecule has 18 heavy (non-hydrogen) atoms. The van der Waals surface area contributed by atoms with Gasteiger partial charge in [0.1, 0.15) is 11.6 Å². The van der Waals surface area contributed by atoms with Crippen molar-refractivity contribution in [3.05, 3.63) is 45.6 Å². The lowest BCUT2D eigenvalue weighted by Crippen LogP contribution is -1.96. The summed E-state index contributed by atoms with van der Waals surface area (Å²) in [6, 6.07) is 5.35. The van der Waals surface area contributed by atoms with E-state index < -0.39 is 4.92 Å². The minimum atomic E-state index is -0.549. The zero-order valence-electron chi connectivity index (χ0n) is 8.91. The van der Waals surface area contributed by atoms with Gasteiger partial charge in [0.2, 0.25) is 0 Å². The molecule has 1 aromatic heterocycles. The lowest BCUT2D eigenvalue weighted by Gasteiger charge is -2.05. The lowest BCUT2D eigenvalue weighted by molar-refractivity contribution is -0.384. The number of nitrogens with two attached hydrogens (primary N) is 1. The largest absolute Gasteiger partial charge is 0.423 e. The van der Waals surface area contributed by atoms with Crippen LogP contribution < -0.4 is 10.5 Å². The van der Waals surface area contributed by atoms with Crippen LogP contribution in [0.1, 0.15) is 0 Å². The Morgan fingerprint density at radius 1 is 1.39 bits per heavy atom. The number of hydrogen-bond donors (Lipinski definition) is 1. The van der Waals surface area contributed by atoms with Gasteiger partial charge in [-0.15, -0.1) is 0 Å². The van der Waals surface area contributed by atoms with E-state index in [1.165, 1.54) is 30.5 Å². The Kier molecular flexibility index (Phi) is 3.24. The third-order valence-electron chi connectivity index (χ3n) is 1.98. The molecule has 8 heteroatoms. The summed E-state index contributed by atoms with van der Waals surface area (Å²) in [4.78, 5) is 17.6. The van der Waals surface area contributed by atoms with Gasteiger partial charge in [-0.05, 0) is 12.1 Å². The number of rotatable bonds is 3. The number of benzene rings is 1. The van der Waals surface area contributed by atoms with Crippen molar-refractivity contribution in [1.29, 1.82) is 0 Å². The molecule has 0 radical (unpaired) electrons. The number of nitro groups is 1. The summed E-state index contributed by atoms with van der Waals surface area (Å²) in [5.74, 6) is 0.464. The fourth-order valence-electron chi connectivity index (χ4n) is 1.19. The van der Waals surface area contributed by atoms with Crippen LogP contribution in [0, 0.1) is 10.1 Å². The number of hydrogen-bond acceptors (Lipinski definition) is 6. The number of ether oxygens (including phenoxy) is 1. The summed E-state index contributed by atoms with van der Waals surface area (Å²) in [5.41, 5.74) is 5.34. The summed E-state index contributed by atoms with van der Waals surface area (Å²) >= 11 is 5.85. The Morgan fingerprint density at radius 3 is 2.78 bits per heavy atom. The highest BCUT2D eigenvalue weighted by molar-refractivity contribution is 6.32. The molecule has 2 rings (SSSR count). The molecule has 0 atom stereocenters. The van der Waals surface area contributed by atoms with E-state index in [1.54, 1.807) is 0 Å². The lowest BCUT2D eigenvalue weighted by atomic mass is 10.3. The van der Waals surface area contributed by atoms with Crippen LogP contribution >= 0.6 is 11.6 Å². The first-order chi connectivity index (χ1) is 8.56. The molecule has 92 valence electrons. The molecule has 0 fully saturated rings. The Hall–Kier alpha value is -2.41. The molecule has 0 unspecified atom stereocenters. The van der Waals surface area contributed by atoms with Crippen LogP contribution in [-0.2, 0) is 0 Å². The standard InChI is InChI=1S/C10H7ClN4O3/c11-7-5-6(15(16)17)1-2-8(7)18-10-13-4-3-9(12)14-10/h1-5H,(H2,12,13,14). The van der Waals surface area contributed by atoms with Gasteiger partial charge in [0.05, 0.1) is 9.95 Å². The number of nitro benzene ring substituents is 1. The van der Waals surface area contributed by atoms with E-state index >= 15 is 0 Å². The van der Waals surface area contributed by atoms with E-state index in [9.17, 15) is 10.1 Å². The number of aromatic nitrogens is 2. The molecule has 7 nitrogen and oxygen atoms in total. The SMILES string of the molecule is Nc1ccnc(Oc2ccc([N+](=O)[O-])cc2Cl)n1. The minimum absolute atomic E-state index is 0.0192. The van der Waals surface area contributed by atoms with Gasteiger partial charge in [0.15, 0.2) is 0 Å². The summed E-state index contributed by atoms with van der Waals surface area (Å²) in [5, 5.41) is 10.6. The average Bonchev–Trinajstić information content (AvgIpc) is 2.31. The molecule has 0 aliphatic carbocycles. The number of nitrogen functional groups attached to an aromatic ring is 1. The Morgan fingerprint density at radius 2 is 2.17 bits per heavy atom. The molecular formula is C10H7ClN4O3. The quantitative estimate of drug-likeness (QED) is 0.676. The van der Waals surface area contributed by atoms with Crippen LogP contribution in [-0.4, -0.2) is 14.9 Å². The Labute approximate surface area is 106 Å². The summed E-state index contributed by atoms with van der Waals surface area (Å²) in [6.07, 6.45) is 1.43. The maximum Gasteiger partial charge on any atom is 0.323 e. The second-order valence-electron chi connectivity index (χ2n) is 3.24. The topological polar surface area (TPSA) is 104 Å². The van der Waals surface area contributed by atoms with Gasteiger partial charge in [-0.2, -0.15) is 4.98 Å². The van der Waals surface area contributed by atoms with Crippen LogP contribution in [0.4, 0.5) is 11.5 Å². The predicted octanol–water partition coefficient (Wildman–Crippen LogP) is 2.41. The highest BCUT2D eigenvalue weighted by Crippen LogP contribution is 2.31. The Balaban J connectivity index is 2.27. The second-order valence-corrected chi connectivity index (χ2v) is 3.65. The number of anilines is 1. The van der Waals surface area contributed by atoms with Crippen LogP contribution in [0.5, 0.6) is 11.8 Å². The zero-order chi connectivity index (χ0) is 13.1. The van der Waals surface area contributed by atoms with Crippen LogP contribution in [0.15, 0.2) is 30.5 Å². The summed E-state index contributed by atoms with van der Waals surface area (Å²) in [6.45, 7) is 0. The van der Waals surface area contributed by atoms with E-state index in [1.807, 2.05) is 0 Å². The van der Waals surface area contributed by atoms with Crippen LogP contribution in [0.3, 0.4) is 0 Å². The molecule has 1 aromatic carbocycles. The van der Waals surface area contributed by atoms with Crippen molar-refractivity contribution in [2.24, 2.45) is 0 Å². The van der Waals surface area contributed by atoms with Gasteiger partial charge in [0, 0.05) is 18.3 Å². The highest BCUT2D eigenvalue weighted by Gasteiger charge is 2.11. The minimum Gasteiger partial charge on any atom is -0.423 e. The summed E-state index contributed by atoms with van der Waals surface area (Å²) < 4.78 is 5.27. The molecular weight excluding hydrogens is 260 g/mol.